The molecule has 0 bridgehead atoms. The number of likely N-dealkylation sites (N-methyl/N-ethyl adjacent to an activating group) is 2. The molecule has 122 valence electrons. The molecule has 0 aliphatic heterocycles. The third kappa shape index (κ3) is 5.39. The van der Waals surface area contributed by atoms with Gasteiger partial charge in [0.1, 0.15) is 4.90 Å². The summed E-state index contributed by atoms with van der Waals surface area (Å²) in [6, 6.07) is 0. The summed E-state index contributed by atoms with van der Waals surface area (Å²) in [4.78, 5) is 0.234. The normalized spacial score (nSPS) is 12.2. The van der Waals surface area contributed by atoms with Crippen LogP contribution in [-0.4, -0.2) is 61.9 Å². The highest BCUT2D eigenvalue weighted by molar-refractivity contribution is 7.89. The molecule has 1 aromatic heterocycles. The molecular weight excluding hydrogens is 292 g/mol. The Hall–Kier alpha value is -0.960. The van der Waals surface area contributed by atoms with E-state index < -0.39 is 10.0 Å². The van der Waals surface area contributed by atoms with Gasteiger partial charge in [-0.1, -0.05) is 13.8 Å². The Balaban J connectivity index is 2.71. The summed E-state index contributed by atoms with van der Waals surface area (Å²) in [5.74, 6) is 0. The van der Waals surface area contributed by atoms with Crippen molar-refractivity contribution in [3.05, 3.63) is 12.4 Å². The van der Waals surface area contributed by atoms with E-state index in [1.165, 1.54) is 10.5 Å². The van der Waals surface area contributed by atoms with E-state index in [1.54, 1.807) is 10.9 Å². The maximum absolute atomic E-state index is 12.5. The van der Waals surface area contributed by atoms with Crippen molar-refractivity contribution in [2.24, 2.45) is 0 Å². The highest BCUT2D eigenvalue weighted by atomic mass is 32.2. The van der Waals surface area contributed by atoms with Crippen LogP contribution >= 0.6 is 0 Å². The van der Waals surface area contributed by atoms with Crippen LogP contribution in [0.15, 0.2) is 17.3 Å². The fourth-order valence-corrected chi connectivity index (χ4v) is 3.27. The minimum atomic E-state index is -3.49. The molecule has 0 aliphatic rings. The summed E-state index contributed by atoms with van der Waals surface area (Å²) in [6.45, 7) is 9.78. The number of rotatable bonds is 11. The van der Waals surface area contributed by atoms with Crippen LogP contribution < -0.4 is 5.32 Å². The van der Waals surface area contributed by atoms with Gasteiger partial charge in [0.15, 0.2) is 0 Å². The second-order valence-corrected chi connectivity index (χ2v) is 6.42. The van der Waals surface area contributed by atoms with Gasteiger partial charge in [0.25, 0.3) is 0 Å². The molecule has 0 atom stereocenters. The average molecular weight is 318 g/mol. The molecule has 0 aromatic carbocycles. The number of hydrogen-bond acceptors (Lipinski definition) is 5. The zero-order valence-electron chi connectivity index (χ0n) is 13.1. The molecule has 0 radical (unpaired) electrons. The van der Waals surface area contributed by atoms with Gasteiger partial charge < -0.3 is 10.1 Å². The van der Waals surface area contributed by atoms with Crippen LogP contribution in [0.1, 0.15) is 20.8 Å². The van der Waals surface area contributed by atoms with E-state index in [2.05, 4.69) is 10.4 Å². The summed E-state index contributed by atoms with van der Waals surface area (Å²) in [6.07, 6.45) is 2.99. The van der Waals surface area contributed by atoms with Gasteiger partial charge in [-0.3, -0.25) is 4.68 Å². The third-order valence-electron chi connectivity index (χ3n) is 3.06. The van der Waals surface area contributed by atoms with Crippen LogP contribution in [0, 0.1) is 0 Å². The lowest BCUT2D eigenvalue weighted by Crippen LogP contribution is -2.33. The van der Waals surface area contributed by atoms with Crippen molar-refractivity contribution < 1.29 is 13.2 Å². The van der Waals surface area contributed by atoms with E-state index in [-0.39, 0.29) is 4.90 Å². The highest BCUT2D eigenvalue weighted by Crippen LogP contribution is 2.14. The van der Waals surface area contributed by atoms with Crippen molar-refractivity contribution in [2.75, 3.05) is 39.4 Å². The predicted molar refractivity (Wildman–Crippen MR) is 81.7 cm³/mol. The third-order valence-corrected chi connectivity index (χ3v) is 4.98. The molecule has 0 unspecified atom stereocenters. The van der Waals surface area contributed by atoms with E-state index in [9.17, 15) is 8.42 Å². The molecule has 1 aromatic rings. The second-order valence-electron chi connectivity index (χ2n) is 4.49. The Bertz CT molecular complexity index is 501. The molecule has 8 heteroatoms. The van der Waals surface area contributed by atoms with Gasteiger partial charge in [0.05, 0.1) is 19.3 Å². The van der Waals surface area contributed by atoms with E-state index in [0.717, 1.165) is 13.1 Å². The summed E-state index contributed by atoms with van der Waals surface area (Å²) >= 11 is 0. The quantitative estimate of drug-likeness (QED) is 0.603. The number of ether oxygens (including phenoxy) is 1. The molecule has 0 fully saturated rings. The smallest absolute Gasteiger partial charge is 0.246 e. The molecule has 0 amide bonds. The van der Waals surface area contributed by atoms with Crippen LogP contribution in [0.2, 0.25) is 0 Å². The standard InChI is InChI=1S/C13H26N4O3S/c1-4-14-7-8-16-12-13(11-15-16)21(18,19)17(5-2)9-10-20-6-3/h11-12,14H,4-10H2,1-3H3. The van der Waals surface area contributed by atoms with Crippen LogP contribution in [-0.2, 0) is 21.3 Å². The molecule has 7 nitrogen and oxygen atoms in total. The zero-order chi connectivity index (χ0) is 15.7. The van der Waals surface area contributed by atoms with Crippen molar-refractivity contribution >= 4 is 10.0 Å². The molecule has 0 aliphatic carbocycles. The maximum Gasteiger partial charge on any atom is 0.246 e. The van der Waals surface area contributed by atoms with Crippen molar-refractivity contribution in [3.8, 4) is 0 Å². The summed E-state index contributed by atoms with van der Waals surface area (Å²) in [5.41, 5.74) is 0. The molecule has 1 rings (SSSR count). The van der Waals surface area contributed by atoms with Crippen LogP contribution in [0.5, 0.6) is 0 Å². The van der Waals surface area contributed by atoms with E-state index in [1.807, 2.05) is 20.8 Å². The number of sulfonamides is 1. The second kappa shape index (κ2) is 9.14. The van der Waals surface area contributed by atoms with Crippen molar-refractivity contribution in [1.82, 2.24) is 19.4 Å². The van der Waals surface area contributed by atoms with Gasteiger partial charge in [-0.2, -0.15) is 9.40 Å². The van der Waals surface area contributed by atoms with E-state index in [4.69, 9.17) is 4.74 Å². The van der Waals surface area contributed by atoms with Gasteiger partial charge in [-0.15, -0.1) is 0 Å². The van der Waals surface area contributed by atoms with Crippen molar-refractivity contribution in [3.63, 3.8) is 0 Å². The number of hydrogen-bond donors (Lipinski definition) is 1. The van der Waals surface area contributed by atoms with Crippen LogP contribution in [0.25, 0.3) is 0 Å². The Kier molecular flexibility index (Phi) is 7.87. The first-order valence-electron chi connectivity index (χ1n) is 7.37. The Morgan fingerprint density at radius 2 is 2.14 bits per heavy atom. The Morgan fingerprint density at radius 3 is 2.76 bits per heavy atom. The summed E-state index contributed by atoms with van der Waals surface area (Å²) in [7, 11) is -3.49. The van der Waals surface area contributed by atoms with Gasteiger partial charge in [-0.25, -0.2) is 8.42 Å². The Morgan fingerprint density at radius 1 is 1.38 bits per heavy atom. The molecule has 21 heavy (non-hydrogen) atoms. The lowest BCUT2D eigenvalue weighted by Gasteiger charge is -2.19. The molecule has 0 saturated carbocycles. The van der Waals surface area contributed by atoms with Crippen LogP contribution in [0.3, 0.4) is 0 Å². The summed E-state index contributed by atoms with van der Waals surface area (Å²) in [5, 5.41) is 7.28. The zero-order valence-corrected chi connectivity index (χ0v) is 13.9. The lowest BCUT2D eigenvalue weighted by atomic mass is 10.6. The molecule has 0 saturated heterocycles. The number of nitrogens with zero attached hydrogens (tertiary/aromatic N) is 3. The van der Waals surface area contributed by atoms with Gasteiger partial charge in [-0.05, 0) is 13.5 Å². The van der Waals surface area contributed by atoms with E-state index in [0.29, 0.717) is 32.8 Å². The topological polar surface area (TPSA) is 76.5 Å². The monoisotopic (exact) mass is 318 g/mol. The molecule has 1 heterocycles. The van der Waals surface area contributed by atoms with Gasteiger partial charge in [0, 0.05) is 32.4 Å². The maximum atomic E-state index is 12.5. The fourth-order valence-electron chi connectivity index (χ4n) is 1.88. The first kappa shape index (κ1) is 18.1. The van der Waals surface area contributed by atoms with Crippen molar-refractivity contribution in [1.29, 1.82) is 0 Å². The fraction of sp³-hybridized carbons (Fsp3) is 0.769. The Labute approximate surface area is 127 Å². The first-order chi connectivity index (χ1) is 10.1. The largest absolute Gasteiger partial charge is 0.380 e. The van der Waals surface area contributed by atoms with Crippen LogP contribution in [0.4, 0.5) is 0 Å². The SMILES string of the molecule is CCNCCn1cc(S(=O)(=O)N(CC)CCOCC)cn1. The van der Waals surface area contributed by atoms with Gasteiger partial charge >= 0.3 is 0 Å². The first-order valence-corrected chi connectivity index (χ1v) is 8.81. The van der Waals surface area contributed by atoms with E-state index >= 15 is 0 Å². The van der Waals surface area contributed by atoms with Gasteiger partial charge in [0.2, 0.25) is 10.0 Å². The predicted octanol–water partition coefficient (Wildman–Crippen LogP) is 0.540. The van der Waals surface area contributed by atoms with Crippen molar-refractivity contribution in [2.45, 2.75) is 32.2 Å². The molecule has 0 spiro atoms. The average Bonchev–Trinajstić information content (AvgIpc) is 2.93. The lowest BCUT2D eigenvalue weighted by molar-refractivity contribution is 0.135. The molecule has 1 N–H and O–H groups in total. The summed E-state index contributed by atoms with van der Waals surface area (Å²) < 4.78 is 33.3. The number of nitrogens with one attached hydrogen (secondary N) is 1. The molecular formula is C13H26N4O3S. The minimum Gasteiger partial charge on any atom is -0.380 e. The minimum absolute atomic E-state index is 0.234. The number of aromatic nitrogens is 2. The highest BCUT2D eigenvalue weighted by Gasteiger charge is 2.24.